The van der Waals surface area contributed by atoms with Gasteiger partial charge in [-0.2, -0.15) is 5.10 Å². The number of rotatable bonds is 2. The number of hydrogen-bond donors (Lipinski definition) is 0. The number of hydrogen-bond acceptors (Lipinski definition) is 2. The fraction of sp³-hybridized carbons (Fsp3) is 0.500. The third-order valence-corrected chi connectivity index (χ3v) is 2.30. The van der Waals surface area contributed by atoms with Crippen LogP contribution in [0.25, 0.3) is 5.57 Å². The van der Waals surface area contributed by atoms with Crippen LogP contribution in [0.2, 0.25) is 0 Å². The highest BCUT2D eigenvalue weighted by Gasteiger charge is 2.17. The van der Waals surface area contributed by atoms with Gasteiger partial charge in [0.1, 0.15) is 6.23 Å². The first-order valence-corrected chi connectivity index (χ1v) is 4.59. The van der Waals surface area contributed by atoms with E-state index in [4.69, 9.17) is 4.74 Å². The molecule has 1 atom stereocenters. The van der Waals surface area contributed by atoms with Gasteiger partial charge in [0.15, 0.2) is 0 Å². The van der Waals surface area contributed by atoms with Gasteiger partial charge in [-0.25, -0.2) is 4.68 Å². The zero-order chi connectivity index (χ0) is 9.26. The first kappa shape index (κ1) is 8.51. The Morgan fingerprint density at radius 1 is 1.77 bits per heavy atom. The van der Waals surface area contributed by atoms with Crippen molar-refractivity contribution in [3.05, 3.63) is 24.5 Å². The fourth-order valence-corrected chi connectivity index (χ4v) is 1.49. The summed E-state index contributed by atoms with van der Waals surface area (Å²) in [6.07, 6.45) is 6.18. The van der Waals surface area contributed by atoms with E-state index in [0.717, 1.165) is 30.6 Å². The van der Waals surface area contributed by atoms with Crippen LogP contribution in [0.15, 0.2) is 19.0 Å². The quantitative estimate of drug-likeness (QED) is 0.694. The Labute approximate surface area is 78.0 Å². The second kappa shape index (κ2) is 3.34. The lowest BCUT2D eigenvalue weighted by Crippen LogP contribution is -2.06. The van der Waals surface area contributed by atoms with Crippen molar-refractivity contribution in [3.63, 3.8) is 0 Å². The van der Waals surface area contributed by atoms with Crippen molar-refractivity contribution in [2.24, 2.45) is 0 Å². The smallest absolute Gasteiger partial charge is 0.150 e. The monoisotopic (exact) mass is 178 g/mol. The van der Waals surface area contributed by atoms with Crippen LogP contribution in [0.1, 0.15) is 31.6 Å². The number of nitrogens with zero attached hydrogens (tertiary/aromatic N) is 2. The van der Waals surface area contributed by atoms with Gasteiger partial charge < -0.3 is 4.74 Å². The molecular weight excluding hydrogens is 164 g/mol. The molecule has 1 fully saturated rings. The Balaban J connectivity index is 2.16. The van der Waals surface area contributed by atoms with Gasteiger partial charge in [0.25, 0.3) is 0 Å². The molecule has 0 bridgehead atoms. The molecule has 1 aliphatic rings. The highest BCUT2D eigenvalue weighted by atomic mass is 16.5. The van der Waals surface area contributed by atoms with Crippen LogP contribution in [0.5, 0.6) is 0 Å². The SMILES string of the molecule is C=C(C)c1cnn(C2CCCO2)c1. The Morgan fingerprint density at radius 3 is 3.15 bits per heavy atom. The summed E-state index contributed by atoms with van der Waals surface area (Å²) < 4.78 is 7.39. The van der Waals surface area contributed by atoms with Crippen molar-refractivity contribution < 1.29 is 4.74 Å². The average molecular weight is 178 g/mol. The maximum atomic E-state index is 5.50. The van der Waals surface area contributed by atoms with Crippen LogP contribution in [0.4, 0.5) is 0 Å². The molecule has 0 radical (unpaired) electrons. The summed E-state index contributed by atoms with van der Waals surface area (Å²) in [4.78, 5) is 0. The zero-order valence-electron chi connectivity index (χ0n) is 7.86. The maximum Gasteiger partial charge on any atom is 0.150 e. The van der Waals surface area contributed by atoms with Crippen LogP contribution in [0.3, 0.4) is 0 Å². The molecular formula is C10H14N2O. The third kappa shape index (κ3) is 1.65. The highest BCUT2D eigenvalue weighted by molar-refractivity contribution is 5.59. The minimum absolute atomic E-state index is 0.146. The average Bonchev–Trinajstić information content (AvgIpc) is 2.75. The second-order valence-corrected chi connectivity index (χ2v) is 3.46. The molecule has 1 aromatic rings. The molecule has 0 amide bonds. The summed E-state index contributed by atoms with van der Waals surface area (Å²) in [5.41, 5.74) is 2.14. The number of ether oxygens (including phenoxy) is 1. The topological polar surface area (TPSA) is 27.1 Å². The van der Waals surface area contributed by atoms with E-state index in [9.17, 15) is 0 Å². The third-order valence-electron chi connectivity index (χ3n) is 2.30. The Kier molecular flexibility index (Phi) is 2.19. The molecule has 70 valence electrons. The first-order chi connectivity index (χ1) is 6.27. The summed E-state index contributed by atoms with van der Waals surface area (Å²) in [7, 11) is 0. The van der Waals surface area contributed by atoms with Crippen molar-refractivity contribution in [2.45, 2.75) is 26.0 Å². The molecule has 2 heterocycles. The van der Waals surface area contributed by atoms with E-state index in [1.807, 2.05) is 24.0 Å². The standard InChI is InChI=1S/C10H14N2O/c1-8(2)9-6-11-12(7-9)10-4-3-5-13-10/h6-7,10H,1,3-5H2,2H3. The van der Waals surface area contributed by atoms with Gasteiger partial charge >= 0.3 is 0 Å². The van der Waals surface area contributed by atoms with E-state index < -0.39 is 0 Å². The zero-order valence-corrected chi connectivity index (χ0v) is 7.86. The molecule has 0 spiro atoms. The largest absolute Gasteiger partial charge is 0.357 e. The van der Waals surface area contributed by atoms with Crippen molar-refractivity contribution in [1.82, 2.24) is 9.78 Å². The Bertz CT molecular complexity index is 310. The number of aromatic nitrogens is 2. The fourth-order valence-electron chi connectivity index (χ4n) is 1.49. The summed E-state index contributed by atoms with van der Waals surface area (Å²) in [6, 6.07) is 0. The van der Waals surface area contributed by atoms with Crippen molar-refractivity contribution in [2.75, 3.05) is 6.61 Å². The van der Waals surface area contributed by atoms with Gasteiger partial charge in [0.05, 0.1) is 6.20 Å². The lowest BCUT2D eigenvalue weighted by Gasteiger charge is -2.08. The molecule has 0 aromatic carbocycles. The van der Waals surface area contributed by atoms with Crippen LogP contribution in [-0.4, -0.2) is 16.4 Å². The number of allylic oxidation sites excluding steroid dienone is 1. The predicted molar refractivity (Wildman–Crippen MR) is 51.2 cm³/mol. The van der Waals surface area contributed by atoms with Crippen molar-refractivity contribution >= 4 is 5.57 Å². The van der Waals surface area contributed by atoms with Gasteiger partial charge in [0, 0.05) is 18.4 Å². The van der Waals surface area contributed by atoms with Crippen LogP contribution in [0, 0.1) is 0 Å². The van der Waals surface area contributed by atoms with Gasteiger partial charge in [-0.15, -0.1) is 0 Å². The highest BCUT2D eigenvalue weighted by Crippen LogP contribution is 2.23. The molecule has 3 heteroatoms. The van der Waals surface area contributed by atoms with E-state index >= 15 is 0 Å². The first-order valence-electron chi connectivity index (χ1n) is 4.59. The lowest BCUT2D eigenvalue weighted by molar-refractivity contribution is 0.0467. The molecule has 1 saturated heterocycles. The second-order valence-electron chi connectivity index (χ2n) is 3.46. The molecule has 1 aliphatic heterocycles. The van der Waals surface area contributed by atoms with Gasteiger partial charge in [-0.05, 0) is 25.3 Å². The van der Waals surface area contributed by atoms with Crippen LogP contribution >= 0.6 is 0 Å². The molecule has 1 unspecified atom stereocenters. The summed E-state index contributed by atoms with van der Waals surface area (Å²) in [6.45, 7) is 6.71. The predicted octanol–water partition coefficient (Wildman–Crippen LogP) is 2.23. The Hall–Kier alpha value is -1.09. The molecule has 1 aromatic heterocycles. The molecule has 0 saturated carbocycles. The van der Waals surface area contributed by atoms with Gasteiger partial charge in [0.2, 0.25) is 0 Å². The molecule has 2 rings (SSSR count). The van der Waals surface area contributed by atoms with Crippen LogP contribution < -0.4 is 0 Å². The van der Waals surface area contributed by atoms with Crippen molar-refractivity contribution in [1.29, 1.82) is 0 Å². The normalized spacial score (nSPS) is 22.1. The summed E-state index contributed by atoms with van der Waals surface area (Å²) in [5, 5.41) is 4.25. The van der Waals surface area contributed by atoms with E-state index in [0.29, 0.717) is 0 Å². The maximum absolute atomic E-state index is 5.50. The van der Waals surface area contributed by atoms with Gasteiger partial charge in [-0.1, -0.05) is 6.58 Å². The van der Waals surface area contributed by atoms with Crippen LogP contribution in [-0.2, 0) is 4.74 Å². The van der Waals surface area contributed by atoms with E-state index in [2.05, 4.69) is 11.7 Å². The van der Waals surface area contributed by atoms with E-state index in [1.165, 1.54) is 0 Å². The summed E-state index contributed by atoms with van der Waals surface area (Å²) >= 11 is 0. The van der Waals surface area contributed by atoms with Gasteiger partial charge in [-0.3, -0.25) is 0 Å². The molecule has 13 heavy (non-hydrogen) atoms. The van der Waals surface area contributed by atoms with Crippen molar-refractivity contribution in [3.8, 4) is 0 Å². The van der Waals surface area contributed by atoms with E-state index in [1.54, 1.807) is 0 Å². The lowest BCUT2D eigenvalue weighted by atomic mass is 10.2. The molecule has 0 N–H and O–H groups in total. The molecule has 3 nitrogen and oxygen atoms in total. The Morgan fingerprint density at radius 2 is 2.62 bits per heavy atom. The van der Waals surface area contributed by atoms with E-state index in [-0.39, 0.29) is 6.23 Å². The molecule has 0 aliphatic carbocycles. The minimum Gasteiger partial charge on any atom is -0.357 e. The summed E-state index contributed by atoms with van der Waals surface area (Å²) in [5.74, 6) is 0. The minimum atomic E-state index is 0.146.